The van der Waals surface area contributed by atoms with E-state index in [-0.39, 0.29) is 5.91 Å². The molecule has 0 atom stereocenters. The number of aromatic amines is 1. The number of carbonyl (C=O) groups excluding carboxylic acids is 1. The molecule has 0 fully saturated rings. The van der Waals surface area contributed by atoms with Crippen molar-refractivity contribution in [3.8, 4) is 11.5 Å². The van der Waals surface area contributed by atoms with Gasteiger partial charge in [-0.25, -0.2) is 0 Å². The minimum Gasteiger partial charge on any atom is -0.463 e. The number of hydrogen-bond acceptors (Lipinski definition) is 4. The van der Waals surface area contributed by atoms with Crippen molar-refractivity contribution < 1.29 is 9.21 Å². The van der Waals surface area contributed by atoms with E-state index in [0.717, 1.165) is 5.56 Å². The third-order valence-electron chi connectivity index (χ3n) is 2.63. The van der Waals surface area contributed by atoms with Crippen molar-refractivity contribution in [2.75, 3.05) is 0 Å². The first-order valence-electron chi connectivity index (χ1n) is 5.71. The second-order valence-corrected chi connectivity index (χ2v) is 4.74. The molecule has 0 saturated carbocycles. The fourth-order valence-corrected chi connectivity index (χ4v) is 2.33. The van der Waals surface area contributed by atoms with Crippen molar-refractivity contribution in [3.63, 3.8) is 0 Å². The summed E-state index contributed by atoms with van der Waals surface area (Å²) in [5.41, 5.74) is 2.12. The van der Waals surface area contributed by atoms with E-state index < -0.39 is 0 Å². The van der Waals surface area contributed by atoms with Crippen LogP contribution >= 0.6 is 11.3 Å². The summed E-state index contributed by atoms with van der Waals surface area (Å²) in [6.07, 6.45) is 1.58. The Bertz CT molecular complexity index is 656. The van der Waals surface area contributed by atoms with Gasteiger partial charge in [0.15, 0.2) is 11.5 Å². The van der Waals surface area contributed by atoms with Crippen molar-refractivity contribution in [1.29, 1.82) is 0 Å². The second-order valence-electron chi connectivity index (χ2n) is 3.96. The molecular weight excluding hydrogens is 262 g/mol. The molecule has 0 radical (unpaired) electrons. The van der Waals surface area contributed by atoms with E-state index in [1.54, 1.807) is 35.8 Å². The van der Waals surface area contributed by atoms with Crippen LogP contribution in [0, 0.1) is 0 Å². The summed E-state index contributed by atoms with van der Waals surface area (Å²) in [4.78, 5) is 11.9. The zero-order valence-electron chi connectivity index (χ0n) is 9.92. The molecule has 0 aromatic carbocycles. The van der Waals surface area contributed by atoms with Gasteiger partial charge in [-0.1, -0.05) is 0 Å². The number of H-pyrrole nitrogens is 1. The second kappa shape index (κ2) is 5.11. The third kappa shape index (κ3) is 2.58. The highest BCUT2D eigenvalue weighted by atomic mass is 32.1. The first-order valence-corrected chi connectivity index (χ1v) is 6.66. The molecule has 19 heavy (non-hydrogen) atoms. The summed E-state index contributed by atoms with van der Waals surface area (Å²) >= 11 is 1.60. The van der Waals surface area contributed by atoms with Crippen molar-refractivity contribution in [2.45, 2.75) is 6.54 Å². The zero-order chi connectivity index (χ0) is 13.1. The molecule has 0 aliphatic carbocycles. The van der Waals surface area contributed by atoms with E-state index in [9.17, 15) is 4.79 Å². The minimum absolute atomic E-state index is 0.208. The molecule has 1 amide bonds. The van der Waals surface area contributed by atoms with E-state index in [1.165, 1.54) is 0 Å². The fraction of sp³-hybridized carbons (Fsp3) is 0.0769. The minimum atomic E-state index is -0.208. The molecule has 0 unspecified atom stereocenters. The van der Waals surface area contributed by atoms with Gasteiger partial charge in [0.05, 0.1) is 6.26 Å². The van der Waals surface area contributed by atoms with Gasteiger partial charge in [0.25, 0.3) is 5.91 Å². The van der Waals surface area contributed by atoms with Crippen LogP contribution in [-0.2, 0) is 6.54 Å². The van der Waals surface area contributed by atoms with Crippen molar-refractivity contribution >= 4 is 17.2 Å². The molecule has 0 aliphatic heterocycles. The van der Waals surface area contributed by atoms with E-state index in [2.05, 4.69) is 15.5 Å². The van der Waals surface area contributed by atoms with Gasteiger partial charge in [-0.2, -0.15) is 16.4 Å². The molecule has 5 nitrogen and oxygen atoms in total. The maximum absolute atomic E-state index is 11.9. The molecule has 3 rings (SSSR count). The summed E-state index contributed by atoms with van der Waals surface area (Å²) in [5.74, 6) is 0.449. The predicted octanol–water partition coefficient (Wildman–Crippen LogP) is 2.66. The lowest BCUT2D eigenvalue weighted by Crippen LogP contribution is -2.22. The monoisotopic (exact) mass is 273 g/mol. The van der Waals surface area contributed by atoms with Gasteiger partial charge >= 0.3 is 0 Å². The van der Waals surface area contributed by atoms with Crippen molar-refractivity contribution in [2.24, 2.45) is 0 Å². The van der Waals surface area contributed by atoms with Gasteiger partial charge in [-0.15, -0.1) is 0 Å². The smallest absolute Gasteiger partial charge is 0.272 e. The number of carbonyl (C=O) groups is 1. The number of thiophene rings is 1. The summed E-state index contributed by atoms with van der Waals surface area (Å²) in [7, 11) is 0. The highest BCUT2D eigenvalue weighted by Gasteiger charge is 2.12. The van der Waals surface area contributed by atoms with Crippen molar-refractivity contribution in [3.05, 3.63) is 52.5 Å². The quantitative estimate of drug-likeness (QED) is 0.767. The number of furan rings is 1. The first-order chi connectivity index (χ1) is 9.33. The third-order valence-corrected chi connectivity index (χ3v) is 3.36. The van der Waals surface area contributed by atoms with E-state index >= 15 is 0 Å². The molecule has 96 valence electrons. The Balaban J connectivity index is 1.67. The maximum atomic E-state index is 11.9. The standard InChI is InChI=1S/C13H11N3O2S/c17-13(14-7-9-3-5-19-8-9)11-6-10(15-16-11)12-2-1-4-18-12/h1-6,8H,7H2,(H,14,17)(H,15,16). The molecule has 2 N–H and O–H groups in total. The lowest BCUT2D eigenvalue weighted by atomic mass is 10.3. The Hall–Kier alpha value is -2.34. The molecular formula is C13H11N3O2S. The van der Waals surface area contributed by atoms with Crippen LogP contribution in [0.3, 0.4) is 0 Å². The molecule has 0 aliphatic rings. The van der Waals surface area contributed by atoms with Gasteiger partial charge in [0, 0.05) is 12.6 Å². The summed E-state index contributed by atoms with van der Waals surface area (Å²) in [6.45, 7) is 0.505. The number of nitrogens with one attached hydrogen (secondary N) is 2. The Morgan fingerprint density at radius 3 is 3.16 bits per heavy atom. The molecule has 3 aromatic rings. The largest absolute Gasteiger partial charge is 0.463 e. The highest BCUT2D eigenvalue weighted by Crippen LogP contribution is 2.17. The van der Waals surface area contributed by atoms with Crippen LogP contribution in [0.4, 0.5) is 0 Å². The van der Waals surface area contributed by atoms with Gasteiger partial charge in [0.1, 0.15) is 5.69 Å². The average molecular weight is 273 g/mol. The first kappa shape index (κ1) is 11.7. The fourth-order valence-electron chi connectivity index (χ4n) is 1.66. The predicted molar refractivity (Wildman–Crippen MR) is 71.8 cm³/mol. The lowest BCUT2D eigenvalue weighted by Gasteiger charge is -1.99. The summed E-state index contributed by atoms with van der Waals surface area (Å²) in [5, 5.41) is 13.5. The Morgan fingerprint density at radius 2 is 2.42 bits per heavy atom. The highest BCUT2D eigenvalue weighted by molar-refractivity contribution is 7.07. The SMILES string of the molecule is O=C(NCc1ccsc1)c1cc(-c2ccco2)[nH]n1. The molecule has 0 bridgehead atoms. The van der Waals surface area contributed by atoms with Crippen LogP contribution in [0.5, 0.6) is 0 Å². The Kier molecular flexibility index (Phi) is 3.16. The van der Waals surface area contributed by atoms with Gasteiger partial charge in [-0.05, 0) is 34.5 Å². The molecule has 6 heteroatoms. The summed E-state index contributed by atoms with van der Waals surface area (Å²) < 4.78 is 5.23. The van der Waals surface area contributed by atoms with Crippen LogP contribution in [0.15, 0.2) is 45.7 Å². The number of amides is 1. The van der Waals surface area contributed by atoms with Crippen LogP contribution < -0.4 is 5.32 Å². The molecule has 0 spiro atoms. The van der Waals surface area contributed by atoms with Crippen LogP contribution in [0.25, 0.3) is 11.5 Å². The Labute approximate surface area is 113 Å². The molecule has 3 heterocycles. The van der Waals surface area contributed by atoms with Crippen LogP contribution in [-0.4, -0.2) is 16.1 Å². The van der Waals surface area contributed by atoms with Gasteiger partial charge in [-0.3, -0.25) is 9.89 Å². The number of aromatic nitrogens is 2. The van der Waals surface area contributed by atoms with E-state index in [4.69, 9.17) is 4.42 Å². The number of hydrogen-bond donors (Lipinski definition) is 2. The average Bonchev–Trinajstić information content (AvgIpc) is 3.14. The summed E-state index contributed by atoms with van der Waals surface area (Å²) in [6, 6.07) is 7.23. The molecule has 0 saturated heterocycles. The molecule has 3 aromatic heterocycles. The maximum Gasteiger partial charge on any atom is 0.272 e. The number of nitrogens with zero attached hydrogens (tertiary/aromatic N) is 1. The normalized spacial score (nSPS) is 10.5. The Morgan fingerprint density at radius 1 is 1.47 bits per heavy atom. The lowest BCUT2D eigenvalue weighted by molar-refractivity contribution is 0.0946. The zero-order valence-corrected chi connectivity index (χ0v) is 10.7. The van der Waals surface area contributed by atoms with Crippen LogP contribution in [0.2, 0.25) is 0 Å². The van der Waals surface area contributed by atoms with Crippen molar-refractivity contribution in [1.82, 2.24) is 15.5 Å². The van der Waals surface area contributed by atoms with Gasteiger partial charge < -0.3 is 9.73 Å². The van der Waals surface area contributed by atoms with Crippen LogP contribution in [0.1, 0.15) is 16.1 Å². The van der Waals surface area contributed by atoms with E-state index in [1.807, 2.05) is 16.8 Å². The topological polar surface area (TPSA) is 70.9 Å². The number of rotatable bonds is 4. The van der Waals surface area contributed by atoms with E-state index in [0.29, 0.717) is 23.7 Å². The van der Waals surface area contributed by atoms with Gasteiger partial charge in [0.2, 0.25) is 0 Å².